The number of amides is 1. The summed E-state index contributed by atoms with van der Waals surface area (Å²) in [6.07, 6.45) is 1.79. The molecule has 1 unspecified atom stereocenters. The second-order valence-corrected chi connectivity index (χ2v) is 6.05. The number of nitrogens with two attached hydrogens (primary N) is 1. The zero-order chi connectivity index (χ0) is 13.6. The molecule has 1 aliphatic heterocycles. The van der Waals surface area contributed by atoms with Crippen LogP contribution in [0.1, 0.15) is 33.1 Å². The van der Waals surface area contributed by atoms with Gasteiger partial charge in [-0.05, 0) is 32.1 Å². The largest absolute Gasteiger partial charge is 0.409 e. The molecule has 2 fully saturated rings. The molecule has 1 amide bonds. The van der Waals surface area contributed by atoms with Gasteiger partial charge in [-0.25, -0.2) is 0 Å². The first kappa shape index (κ1) is 13.1. The Bertz CT molecular complexity index is 386. The maximum atomic E-state index is 12.5. The van der Waals surface area contributed by atoms with Crippen molar-refractivity contribution in [3.05, 3.63) is 0 Å². The summed E-state index contributed by atoms with van der Waals surface area (Å²) < 4.78 is 0. The number of β-amino-alcohol motifs (C(OH)–C–C–N with tert-alkyl or cyclic N) is 1. The van der Waals surface area contributed by atoms with Crippen molar-refractivity contribution in [2.24, 2.45) is 22.2 Å². The molecule has 0 spiro atoms. The fourth-order valence-electron chi connectivity index (χ4n) is 3.14. The normalized spacial score (nSPS) is 40.7. The van der Waals surface area contributed by atoms with Gasteiger partial charge in [-0.2, -0.15) is 0 Å². The summed E-state index contributed by atoms with van der Waals surface area (Å²) in [6, 6.07) is 0. The van der Waals surface area contributed by atoms with Crippen LogP contribution in [0.2, 0.25) is 0 Å². The van der Waals surface area contributed by atoms with E-state index in [2.05, 4.69) is 5.16 Å². The molecule has 1 atom stereocenters. The summed E-state index contributed by atoms with van der Waals surface area (Å²) in [5, 5.41) is 21.8. The third-order valence-corrected chi connectivity index (χ3v) is 4.14. The number of rotatable bonds is 2. The van der Waals surface area contributed by atoms with Crippen LogP contribution in [0.15, 0.2) is 5.16 Å². The van der Waals surface area contributed by atoms with Gasteiger partial charge in [0.1, 0.15) is 5.41 Å². The molecule has 0 aromatic heterocycles. The summed E-state index contributed by atoms with van der Waals surface area (Å²) >= 11 is 0. The molecular formula is C12H21N3O3. The minimum absolute atomic E-state index is 0.00265. The van der Waals surface area contributed by atoms with Crippen molar-refractivity contribution in [1.82, 2.24) is 4.90 Å². The molecule has 1 saturated heterocycles. The second kappa shape index (κ2) is 4.12. The Morgan fingerprint density at radius 2 is 2.11 bits per heavy atom. The molecule has 6 heteroatoms. The Hall–Kier alpha value is -1.30. The lowest BCUT2D eigenvalue weighted by molar-refractivity contribution is -0.144. The third kappa shape index (κ3) is 1.94. The van der Waals surface area contributed by atoms with Crippen molar-refractivity contribution in [2.75, 3.05) is 13.1 Å². The number of likely N-dealkylation sites (tertiary alicyclic amines) is 1. The highest BCUT2D eigenvalue weighted by molar-refractivity contribution is 6.07. The molecule has 2 rings (SSSR count). The molecule has 1 aliphatic carbocycles. The van der Waals surface area contributed by atoms with Crippen LogP contribution in [0.5, 0.6) is 0 Å². The predicted molar refractivity (Wildman–Crippen MR) is 66.1 cm³/mol. The van der Waals surface area contributed by atoms with E-state index < -0.39 is 11.0 Å². The fraction of sp³-hybridized carbons (Fsp3) is 0.833. The SMILES string of the molecule is CC1CC(C(=O)N2CCC(C)(O)C2)(C(N)=NO)C1. The summed E-state index contributed by atoms with van der Waals surface area (Å²) in [6.45, 7) is 4.61. The maximum Gasteiger partial charge on any atom is 0.236 e. The van der Waals surface area contributed by atoms with E-state index in [1.165, 1.54) is 0 Å². The van der Waals surface area contributed by atoms with Gasteiger partial charge in [-0.3, -0.25) is 4.79 Å². The van der Waals surface area contributed by atoms with E-state index in [1.807, 2.05) is 6.92 Å². The number of hydrogen-bond donors (Lipinski definition) is 3. The Morgan fingerprint density at radius 3 is 2.50 bits per heavy atom. The number of oxime groups is 1. The molecule has 6 nitrogen and oxygen atoms in total. The van der Waals surface area contributed by atoms with E-state index in [-0.39, 0.29) is 11.7 Å². The van der Waals surface area contributed by atoms with Crippen LogP contribution in [0.4, 0.5) is 0 Å². The Kier molecular flexibility index (Phi) is 3.01. The highest BCUT2D eigenvalue weighted by Crippen LogP contribution is 2.47. The number of carbonyl (C=O) groups is 1. The molecule has 2 aliphatic rings. The molecular weight excluding hydrogens is 234 g/mol. The number of nitrogens with zero attached hydrogens (tertiary/aromatic N) is 2. The smallest absolute Gasteiger partial charge is 0.236 e. The maximum absolute atomic E-state index is 12.5. The van der Waals surface area contributed by atoms with Crippen LogP contribution < -0.4 is 5.73 Å². The van der Waals surface area contributed by atoms with E-state index in [9.17, 15) is 9.90 Å². The summed E-state index contributed by atoms with van der Waals surface area (Å²) in [4.78, 5) is 14.2. The van der Waals surface area contributed by atoms with Crippen molar-refractivity contribution in [2.45, 2.75) is 38.7 Å². The molecule has 102 valence electrons. The quantitative estimate of drug-likeness (QED) is 0.283. The first-order valence-electron chi connectivity index (χ1n) is 6.30. The first-order chi connectivity index (χ1) is 8.31. The molecule has 0 bridgehead atoms. The van der Waals surface area contributed by atoms with Crippen molar-refractivity contribution in [1.29, 1.82) is 0 Å². The minimum Gasteiger partial charge on any atom is -0.409 e. The van der Waals surface area contributed by atoms with Gasteiger partial charge in [0, 0.05) is 13.1 Å². The van der Waals surface area contributed by atoms with Crippen molar-refractivity contribution < 1.29 is 15.1 Å². The zero-order valence-electron chi connectivity index (χ0n) is 10.9. The van der Waals surface area contributed by atoms with Crippen LogP contribution in [-0.2, 0) is 4.79 Å². The standard InChI is InChI=1S/C12H21N3O3/c1-8-5-12(6-8,9(13)14-18)10(16)15-4-3-11(2,17)7-15/h8,17-18H,3-7H2,1-2H3,(H2,13,14). The minimum atomic E-state index is -0.853. The van der Waals surface area contributed by atoms with Crippen LogP contribution in [-0.4, -0.2) is 45.6 Å². The van der Waals surface area contributed by atoms with Crippen LogP contribution in [0, 0.1) is 11.3 Å². The monoisotopic (exact) mass is 255 g/mol. The molecule has 0 radical (unpaired) electrons. The molecule has 1 saturated carbocycles. The summed E-state index contributed by atoms with van der Waals surface area (Å²) in [5.41, 5.74) is 4.03. The topological polar surface area (TPSA) is 99.2 Å². The lowest BCUT2D eigenvalue weighted by Gasteiger charge is -2.45. The van der Waals surface area contributed by atoms with Crippen LogP contribution in [0.3, 0.4) is 0 Å². The van der Waals surface area contributed by atoms with Gasteiger partial charge in [0.15, 0.2) is 5.84 Å². The van der Waals surface area contributed by atoms with Gasteiger partial charge >= 0.3 is 0 Å². The lowest BCUT2D eigenvalue weighted by Crippen LogP contribution is -2.57. The molecule has 4 N–H and O–H groups in total. The number of aliphatic hydroxyl groups is 1. The lowest BCUT2D eigenvalue weighted by atomic mass is 9.61. The zero-order valence-corrected chi connectivity index (χ0v) is 10.9. The second-order valence-electron chi connectivity index (χ2n) is 6.05. The van der Waals surface area contributed by atoms with Crippen LogP contribution >= 0.6 is 0 Å². The van der Waals surface area contributed by atoms with Gasteiger partial charge in [0.2, 0.25) is 5.91 Å². The average Bonchev–Trinajstić information content (AvgIpc) is 2.63. The van der Waals surface area contributed by atoms with Gasteiger partial charge in [-0.1, -0.05) is 12.1 Å². The van der Waals surface area contributed by atoms with Gasteiger partial charge in [0.05, 0.1) is 5.60 Å². The molecule has 1 heterocycles. The number of carbonyl (C=O) groups excluding carboxylic acids is 1. The summed E-state index contributed by atoms with van der Waals surface area (Å²) in [7, 11) is 0. The highest BCUT2D eigenvalue weighted by atomic mass is 16.4. The van der Waals surface area contributed by atoms with E-state index in [0.29, 0.717) is 38.3 Å². The molecule has 0 aromatic rings. The van der Waals surface area contributed by atoms with E-state index >= 15 is 0 Å². The van der Waals surface area contributed by atoms with Gasteiger partial charge in [-0.15, -0.1) is 0 Å². The molecule has 0 aromatic carbocycles. The summed E-state index contributed by atoms with van der Waals surface area (Å²) in [5.74, 6) is 0.281. The van der Waals surface area contributed by atoms with Gasteiger partial charge in [0.25, 0.3) is 0 Å². The number of amidine groups is 1. The van der Waals surface area contributed by atoms with E-state index in [0.717, 1.165) is 0 Å². The fourth-order valence-corrected chi connectivity index (χ4v) is 3.14. The predicted octanol–water partition coefficient (Wildman–Crippen LogP) is 0.132. The average molecular weight is 255 g/mol. The number of hydrogen-bond acceptors (Lipinski definition) is 4. The highest BCUT2D eigenvalue weighted by Gasteiger charge is 2.55. The Labute approximate surface area is 106 Å². The van der Waals surface area contributed by atoms with Crippen molar-refractivity contribution >= 4 is 11.7 Å². The van der Waals surface area contributed by atoms with Crippen LogP contribution in [0.25, 0.3) is 0 Å². The first-order valence-corrected chi connectivity index (χ1v) is 6.30. The van der Waals surface area contributed by atoms with Crippen molar-refractivity contribution in [3.63, 3.8) is 0 Å². The van der Waals surface area contributed by atoms with E-state index in [1.54, 1.807) is 11.8 Å². The Balaban J connectivity index is 2.16. The van der Waals surface area contributed by atoms with Gasteiger partial charge < -0.3 is 20.9 Å². The Morgan fingerprint density at radius 1 is 1.50 bits per heavy atom. The van der Waals surface area contributed by atoms with E-state index in [4.69, 9.17) is 10.9 Å². The third-order valence-electron chi connectivity index (χ3n) is 4.14. The van der Waals surface area contributed by atoms with Crippen molar-refractivity contribution in [3.8, 4) is 0 Å². The molecule has 18 heavy (non-hydrogen) atoms.